The van der Waals surface area contributed by atoms with E-state index < -0.39 is 45.5 Å². The highest BCUT2D eigenvalue weighted by molar-refractivity contribution is 6.04. The van der Waals surface area contributed by atoms with E-state index in [0.29, 0.717) is 12.1 Å². The van der Waals surface area contributed by atoms with Gasteiger partial charge in [-0.3, -0.25) is 14.9 Å². The number of rotatable bonds is 3. The van der Waals surface area contributed by atoms with Crippen molar-refractivity contribution in [3.8, 4) is 0 Å². The molecule has 0 bridgehead atoms. The molecule has 0 aliphatic rings. The lowest BCUT2D eigenvalue weighted by atomic mass is 10.2. The molecule has 1 heterocycles. The molecule has 0 aliphatic carbocycles. The summed E-state index contributed by atoms with van der Waals surface area (Å²) in [6.45, 7) is 0. The number of benzene rings is 1. The largest absolute Gasteiger partial charge is 0.312 e. The van der Waals surface area contributed by atoms with Crippen LogP contribution in [0.2, 0.25) is 0 Å². The van der Waals surface area contributed by atoms with Gasteiger partial charge in [0.1, 0.15) is 5.69 Å². The second kappa shape index (κ2) is 5.57. The summed E-state index contributed by atoms with van der Waals surface area (Å²) in [5.74, 6) is -5.03. The number of hydrogen-bond donors (Lipinski definition) is 1. The van der Waals surface area contributed by atoms with Crippen LogP contribution in [0.15, 0.2) is 30.3 Å². The monoisotopic (exact) mass is 297 g/mol. The van der Waals surface area contributed by atoms with E-state index in [2.05, 4.69) is 4.98 Å². The lowest BCUT2D eigenvalue weighted by Crippen LogP contribution is -2.16. The molecule has 108 valence electrons. The average Bonchev–Trinajstić information content (AvgIpc) is 2.43. The molecule has 9 heteroatoms. The number of amides is 1. The van der Waals surface area contributed by atoms with Crippen molar-refractivity contribution < 1.29 is 22.9 Å². The number of nitro benzene ring substituents is 1. The second-order valence-electron chi connectivity index (χ2n) is 3.81. The number of hydrogen-bond acceptors (Lipinski definition) is 4. The highest BCUT2D eigenvalue weighted by atomic mass is 19.2. The molecule has 2 rings (SSSR count). The summed E-state index contributed by atoms with van der Waals surface area (Å²) in [7, 11) is 0. The first-order valence-corrected chi connectivity index (χ1v) is 5.46. The van der Waals surface area contributed by atoms with E-state index in [0.717, 1.165) is 12.1 Å². The van der Waals surface area contributed by atoms with Crippen molar-refractivity contribution >= 4 is 17.3 Å². The third-order valence-corrected chi connectivity index (χ3v) is 2.46. The zero-order valence-corrected chi connectivity index (χ0v) is 10.1. The van der Waals surface area contributed by atoms with E-state index in [4.69, 9.17) is 0 Å². The molecule has 2 aromatic rings. The van der Waals surface area contributed by atoms with Crippen molar-refractivity contribution in [3.05, 3.63) is 63.7 Å². The average molecular weight is 297 g/mol. The van der Waals surface area contributed by atoms with E-state index in [9.17, 15) is 28.1 Å². The highest BCUT2D eigenvalue weighted by Crippen LogP contribution is 2.29. The lowest BCUT2D eigenvalue weighted by Gasteiger charge is -2.07. The standard InChI is InChI=1S/C12H6F3N3O3/c13-6-4-5-8(18(20)21)11(10(6)15)17-12(19)7-2-1-3-9(14)16-7/h1-5H,(H,17,19). The molecule has 0 fully saturated rings. The maximum atomic E-state index is 13.6. The van der Waals surface area contributed by atoms with Crippen LogP contribution in [-0.2, 0) is 0 Å². The first kappa shape index (κ1) is 14.4. The first-order valence-electron chi connectivity index (χ1n) is 5.46. The number of pyridine rings is 1. The van der Waals surface area contributed by atoms with Gasteiger partial charge in [-0.25, -0.2) is 13.8 Å². The molecule has 0 saturated heterocycles. The van der Waals surface area contributed by atoms with Crippen LogP contribution in [-0.4, -0.2) is 15.8 Å². The molecule has 1 aromatic carbocycles. The predicted molar refractivity (Wildman–Crippen MR) is 65.2 cm³/mol. The van der Waals surface area contributed by atoms with Crippen LogP contribution in [0, 0.1) is 27.7 Å². The smallest absolute Gasteiger partial charge is 0.296 e. The minimum Gasteiger partial charge on any atom is -0.312 e. The molecule has 0 radical (unpaired) electrons. The van der Waals surface area contributed by atoms with Gasteiger partial charge in [0.25, 0.3) is 11.6 Å². The number of carbonyl (C=O) groups is 1. The molecule has 0 aliphatic heterocycles. The maximum absolute atomic E-state index is 13.6. The fourth-order valence-corrected chi connectivity index (χ4v) is 1.52. The highest BCUT2D eigenvalue weighted by Gasteiger charge is 2.24. The molecular formula is C12H6F3N3O3. The molecule has 6 nitrogen and oxygen atoms in total. The fourth-order valence-electron chi connectivity index (χ4n) is 1.52. The quantitative estimate of drug-likeness (QED) is 0.536. The van der Waals surface area contributed by atoms with E-state index in [1.807, 2.05) is 5.32 Å². The molecule has 0 atom stereocenters. The normalized spacial score (nSPS) is 10.2. The number of halogens is 3. The first-order chi connectivity index (χ1) is 9.90. The summed E-state index contributed by atoms with van der Waals surface area (Å²) in [4.78, 5) is 24.7. The minimum atomic E-state index is -1.59. The van der Waals surface area contributed by atoms with Crippen molar-refractivity contribution in [2.45, 2.75) is 0 Å². The third kappa shape index (κ3) is 2.96. The Morgan fingerprint density at radius 2 is 1.90 bits per heavy atom. The number of nitro groups is 1. The van der Waals surface area contributed by atoms with E-state index >= 15 is 0 Å². The second-order valence-corrected chi connectivity index (χ2v) is 3.81. The Labute approximate surface area is 115 Å². The summed E-state index contributed by atoms with van der Waals surface area (Å²) in [5.41, 5.74) is -2.22. The van der Waals surface area contributed by atoms with Gasteiger partial charge in [-0.05, 0) is 18.2 Å². The summed E-state index contributed by atoms with van der Waals surface area (Å²) in [6.07, 6.45) is 0. The van der Waals surface area contributed by atoms with Crippen LogP contribution in [0.25, 0.3) is 0 Å². The fraction of sp³-hybridized carbons (Fsp3) is 0. The van der Waals surface area contributed by atoms with Crippen LogP contribution >= 0.6 is 0 Å². The zero-order chi connectivity index (χ0) is 15.6. The number of aromatic nitrogens is 1. The van der Waals surface area contributed by atoms with Gasteiger partial charge >= 0.3 is 0 Å². The summed E-state index contributed by atoms with van der Waals surface area (Å²) in [6, 6.07) is 4.52. The van der Waals surface area contributed by atoms with Gasteiger partial charge in [0.2, 0.25) is 5.95 Å². The van der Waals surface area contributed by atoms with E-state index in [-0.39, 0.29) is 0 Å². The van der Waals surface area contributed by atoms with Gasteiger partial charge in [-0.1, -0.05) is 6.07 Å². The van der Waals surface area contributed by atoms with E-state index in [1.165, 1.54) is 6.07 Å². The summed E-state index contributed by atoms with van der Waals surface area (Å²) >= 11 is 0. The Bertz CT molecular complexity index is 737. The molecule has 21 heavy (non-hydrogen) atoms. The van der Waals surface area contributed by atoms with Crippen LogP contribution in [0.5, 0.6) is 0 Å². The van der Waals surface area contributed by atoms with Gasteiger partial charge < -0.3 is 5.32 Å². The van der Waals surface area contributed by atoms with Gasteiger partial charge in [0.15, 0.2) is 17.3 Å². The van der Waals surface area contributed by atoms with E-state index in [1.54, 1.807) is 0 Å². The molecule has 0 spiro atoms. The van der Waals surface area contributed by atoms with Crippen molar-refractivity contribution in [2.75, 3.05) is 5.32 Å². The molecule has 1 amide bonds. The Hall–Kier alpha value is -2.97. The van der Waals surface area contributed by atoms with Gasteiger partial charge in [-0.2, -0.15) is 4.39 Å². The minimum absolute atomic E-state index is 0.437. The van der Waals surface area contributed by atoms with Crippen LogP contribution in [0.1, 0.15) is 10.5 Å². The Kier molecular flexibility index (Phi) is 3.83. The Morgan fingerprint density at radius 1 is 1.19 bits per heavy atom. The Morgan fingerprint density at radius 3 is 2.52 bits per heavy atom. The number of nitrogens with zero attached hydrogens (tertiary/aromatic N) is 2. The topological polar surface area (TPSA) is 85.1 Å². The summed E-state index contributed by atoms with van der Waals surface area (Å²) < 4.78 is 39.6. The van der Waals surface area contributed by atoms with Crippen LogP contribution in [0.3, 0.4) is 0 Å². The molecule has 1 N–H and O–H groups in total. The number of anilines is 1. The Balaban J connectivity index is 2.41. The van der Waals surface area contributed by atoms with Crippen molar-refractivity contribution in [1.82, 2.24) is 4.98 Å². The summed E-state index contributed by atoms with van der Waals surface area (Å²) in [5, 5.41) is 12.6. The molecule has 0 saturated carbocycles. The number of nitrogens with one attached hydrogen (secondary N) is 1. The van der Waals surface area contributed by atoms with Gasteiger partial charge in [0.05, 0.1) is 4.92 Å². The van der Waals surface area contributed by atoms with Gasteiger partial charge in [-0.15, -0.1) is 0 Å². The molecule has 0 unspecified atom stereocenters. The van der Waals surface area contributed by atoms with Gasteiger partial charge in [0, 0.05) is 6.07 Å². The van der Waals surface area contributed by atoms with Crippen molar-refractivity contribution in [3.63, 3.8) is 0 Å². The van der Waals surface area contributed by atoms with Crippen molar-refractivity contribution in [2.24, 2.45) is 0 Å². The molecule has 1 aromatic heterocycles. The van der Waals surface area contributed by atoms with Crippen molar-refractivity contribution in [1.29, 1.82) is 0 Å². The van der Waals surface area contributed by atoms with Crippen LogP contribution in [0.4, 0.5) is 24.5 Å². The molecular weight excluding hydrogens is 291 g/mol. The number of carbonyl (C=O) groups excluding carboxylic acids is 1. The lowest BCUT2D eigenvalue weighted by molar-refractivity contribution is -0.384. The predicted octanol–water partition coefficient (Wildman–Crippen LogP) is 2.66. The van der Waals surface area contributed by atoms with Crippen LogP contribution < -0.4 is 5.32 Å². The zero-order valence-electron chi connectivity index (χ0n) is 10.1. The third-order valence-electron chi connectivity index (χ3n) is 2.46. The SMILES string of the molecule is O=C(Nc1c([N+](=O)[O-])ccc(F)c1F)c1cccc(F)n1. The maximum Gasteiger partial charge on any atom is 0.296 e.